The average Bonchev–Trinajstić information content (AvgIpc) is 3.51. The molecule has 8 heteroatoms. The van der Waals surface area contributed by atoms with Crippen LogP contribution in [0.1, 0.15) is 52.5 Å². The van der Waals surface area contributed by atoms with Crippen molar-refractivity contribution in [3.8, 4) is 0 Å². The first kappa shape index (κ1) is 19.6. The smallest absolute Gasteiger partial charge is 0.248 e. The number of carbonyl (C=O) groups excluding carboxylic acids is 3. The van der Waals surface area contributed by atoms with E-state index in [1.165, 1.54) is 23.0 Å². The lowest BCUT2D eigenvalue weighted by Crippen LogP contribution is -2.39. The van der Waals surface area contributed by atoms with Crippen LogP contribution in [0.2, 0.25) is 0 Å². The molecule has 30 heavy (non-hydrogen) atoms. The number of carbonyl (C=O) groups is 3. The summed E-state index contributed by atoms with van der Waals surface area (Å²) < 4.78 is 1.50. The van der Waals surface area contributed by atoms with Gasteiger partial charge in [0, 0.05) is 23.2 Å². The zero-order chi connectivity index (χ0) is 21.6. The van der Waals surface area contributed by atoms with Crippen molar-refractivity contribution in [3.63, 3.8) is 0 Å². The molecule has 154 valence electrons. The number of nitrogens with zero attached hydrogens (tertiary/aromatic N) is 2. The zero-order valence-electron chi connectivity index (χ0n) is 16.6. The first-order chi connectivity index (χ1) is 14.2. The predicted octanol–water partition coefficient (Wildman–Crippen LogP) is 1.87. The molecule has 4 rings (SSSR count). The van der Waals surface area contributed by atoms with Crippen LogP contribution in [0.5, 0.6) is 0 Å². The van der Waals surface area contributed by atoms with Crippen molar-refractivity contribution in [1.82, 2.24) is 9.78 Å². The number of hydrogen-bond donors (Lipinski definition) is 3. The number of anilines is 1. The maximum atomic E-state index is 13.0. The minimum Gasteiger partial charge on any atom is -0.383 e. The van der Waals surface area contributed by atoms with Crippen LogP contribution in [0.3, 0.4) is 0 Å². The minimum atomic E-state index is -0.757. The van der Waals surface area contributed by atoms with Gasteiger partial charge >= 0.3 is 0 Å². The molecule has 8 nitrogen and oxygen atoms in total. The third-order valence-corrected chi connectivity index (χ3v) is 6.03. The van der Waals surface area contributed by atoms with Gasteiger partial charge in [-0.25, -0.2) is 4.68 Å². The molecule has 1 atom stereocenters. The molecule has 1 saturated carbocycles. The summed E-state index contributed by atoms with van der Waals surface area (Å²) in [6.45, 7) is 1.91. The fourth-order valence-electron chi connectivity index (χ4n) is 4.05. The lowest BCUT2D eigenvalue weighted by atomic mass is 9.74. The summed E-state index contributed by atoms with van der Waals surface area (Å²) in [7, 11) is 0. The Morgan fingerprint density at radius 3 is 2.50 bits per heavy atom. The maximum absolute atomic E-state index is 13.0. The maximum Gasteiger partial charge on any atom is 0.248 e. The van der Waals surface area contributed by atoms with Gasteiger partial charge in [-0.05, 0) is 43.4 Å². The van der Waals surface area contributed by atoms with Crippen LogP contribution in [0.4, 0.5) is 5.82 Å². The number of primary amides is 2. The Morgan fingerprint density at radius 1 is 1.17 bits per heavy atom. The molecular weight excluding hydrogens is 382 g/mol. The second kappa shape index (κ2) is 6.98. The Bertz CT molecular complexity index is 1140. The van der Waals surface area contributed by atoms with E-state index in [1.54, 1.807) is 12.1 Å². The zero-order valence-corrected chi connectivity index (χ0v) is 16.6. The molecule has 1 aromatic carbocycles. The number of nitrogens with two attached hydrogens (primary N) is 3. The molecule has 2 aliphatic rings. The summed E-state index contributed by atoms with van der Waals surface area (Å²) in [4.78, 5) is 36.7. The molecule has 0 aliphatic heterocycles. The fourth-order valence-corrected chi connectivity index (χ4v) is 4.05. The molecule has 0 radical (unpaired) electrons. The summed E-state index contributed by atoms with van der Waals surface area (Å²) in [5.41, 5.74) is 19.0. The van der Waals surface area contributed by atoms with Crippen molar-refractivity contribution in [2.45, 2.75) is 26.2 Å². The van der Waals surface area contributed by atoms with Gasteiger partial charge in [-0.3, -0.25) is 14.4 Å². The SMILES string of the molecule is CC1=C(n2ncc(C(=O)c3cccc(C(N)=O)c3)c2N)CC(C(N)=O)(C2CC2)C=C1. The van der Waals surface area contributed by atoms with Gasteiger partial charge in [0.1, 0.15) is 5.82 Å². The van der Waals surface area contributed by atoms with E-state index >= 15 is 0 Å². The monoisotopic (exact) mass is 405 g/mol. The van der Waals surface area contributed by atoms with Gasteiger partial charge in [0.25, 0.3) is 0 Å². The molecule has 1 unspecified atom stereocenters. The summed E-state index contributed by atoms with van der Waals surface area (Å²) in [5, 5.41) is 4.33. The number of ketones is 1. The molecule has 1 fully saturated rings. The van der Waals surface area contributed by atoms with Crippen LogP contribution in [0.15, 0.2) is 48.2 Å². The number of amides is 2. The van der Waals surface area contributed by atoms with Crippen molar-refractivity contribution in [3.05, 3.63) is 64.9 Å². The van der Waals surface area contributed by atoms with E-state index in [1.807, 2.05) is 19.1 Å². The van der Waals surface area contributed by atoms with Crippen molar-refractivity contribution < 1.29 is 14.4 Å². The van der Waals surface area contributed by atoms with Gasteiger partial charge < -0.3 is 17.2 Å². The third kappa shape index (κ3) is 3.10. The number of hydrogen-bond acceptors (Lipinski definition) is 5. The third-order valence-electron chi connectivity index (χ3n) is 6.03. The number of nitrogen functional groups attached to an aromatic ring is 1. The number of aromatic nitrogens is 2. The molecular formula is C22H23N5O3. The highest BCUT2D eigenvalue weighted by Gasteiger charge is 2.50. The van der Waals surface area contributed by atoms with Crippen molar-refractivity contribution in [2.75, 3.05) is 5.73 Å². The molecule has 1 aromatic heterocycles. The summed E-state index contributed by atoms with van der Waals surface area (Å²) >= 11 is 0. The van der Waals surface area contributed by atoms with E-state index in [0.717, 1.165) is 24.1 Å². The highest BCUT2D eigenvalue weighted by molar-refractivity contribution is 6.12. The minimum absolute atomic E-state index is 0.170. The van der Waals surface area contributed by atoms with E-state index in [-0.39, 0.29) is 40.1 Å². The highest BCUT2D eigenvalue weighted by Crippen LogP contribution is 2.52. The van der Waals surface area contributed by atoms with Gasteiger partial charge in [0.15, 0.2) is 5.78 Å². The van der Waals surface area contributed by atoms with E-state index in [0.29, 0.717) is 6.42 Å². The lowest BCUT2D eigenvalue weighted by Gasteiger charge is -2.32. The van der Waals surface area contributed by atoms with Crippen LogP contribution in [0, 0.1) is 11.3 Å². The lowest BCUT2D eigenvalue weighted by molar-refractivity contribution is -0.126. The Labute approximate surface area is 173 Å². The van der Waals surface area contributed by atoms with Gasteiger partial charge in [0.2, 0.25) is 11.8 Å². The standard InChI is InChI=1S/C22H23N5O3/c1-12-7-8-22(21(25)30,15-5-6-15)10-17(12)27-19(23)16(11-26-27)18(28)13-3-2-4-14(9-13)20(24)29/h2-4,7-9,11,15H,5-6,10,23H2,1H3,(H2,24,29)(H2,25,30). The van der Waals surface area contributed by atoms with E-state index in [4.69, 9.17) is 17.2 Å². The van der Waals surface area contributed by atoms with E-state index < -0.39 is 11.3 Å². The van der Waals surface area contributed by atoms with E-state index in [2.05, 4.69) is 5.10 Å². The number of rotatable bonds is 6. The summed E-state index contributed by atoms with van der Waals surface area (Å²) in [6.07, 6.45) is 7.46. The first-order valence-corrected chi connectivity index (χ1v) is 9.72. The van der Waals surface area contributed by atoms with Crippen LogP contribution < -0.4 is 17.2 Å². The fraction of sp³-hybridized carbons (Fsp3) is 0.273. The highest BCUT2D eigenvalue weighted by atomic mass is 16.1. The molecule has 0 saturated heterocycles. The van der Waals surface area contributed by atoms with Crippen LogP contribution >= 0.6 is 0 Å². The number of benzene rings is 1. The van der Waals surface area contributed by atoms with Gasteiger partial charge in [-0.2, -0.15) is 5.10 Å². The first-order valence-electron chi connectivity index (χ1n) is 9.72. The second-order valence-corrected chi connectivity index (χ2v) is 7.95. The van der Waals surface area contributed by atoms with Crippen LogP contribution in [0.25, 0.3) is 5.70 Å². The molecule has 0 bridgehead atoms. The largest absolute Gasteiger partial charge is 0.383 e. The average molecular weight is 405 g/mol. The van der Waals surface area contributed by atoms with Crippen LogP contribution in [-0.2, 0) is 4.79 Å². The Balaban J connectivity index is 1.70. The second-order valence-electron chi connectivity index (χ2n) is 7.95. The quantitative estimate of drug-likeness (QED) is 0.628. The Hall–Kier alpha value is -3.68. The Morgan fingerprint density at radius 2 is 1.87 bits per heavy atom. The molecule has 2 aliphatic carbocycles. The van der Waals surface area contributed by atoms with Gasteiger partial charge in [-0.1, -0.05) is 24.3 Å². The topological polar surface area (TPSA) is 147 Å². The van der Waals surface area contributed by atoms with Gasteiger partial charge in [0.05, 0.1) is 17.2 Å². The molecule has 1 heterocycles. The van der Waals surface area contributed by atoms with Gasteiger partial charge in [-0.15, -0.1) is 0 Å². The van der Waals surface area contributed by atoms with Crippen molar-refractivity contribution in [2.24, 2.45) is 22.8 Å². The summed E-state index contributed by atoms with van der Waals surface area (Å²) in [5.74, 6) is -0.968. The van der Waals surface area contributed by atoms with Crippen LogP contribution in [-0.4, -0.2) is 27.4 Å². The van der Waals surface area contributed by atoms with Crippen molar-refractivity contribution in [1.29, 1.82) is 0 Å². The molecule has 6 N–H and O–H groups in total. The Kier molecular flexibility index (Phi) is 4.57. The molecule has 2 amide bonds. The van der Waals surface area contributed by atoms with E-state index in [9.17, 15) is 14.4 Å². The molecule has 2 aromatic rings. The normalized spacial score (nSPS) is 21.0. The van der Waals surface area contributed by atoms with Crippen molar-refractivity contribution >= 4 is 29.1 Å². The molecule has 0 spiro atoms. The summed E-state index contributed by atoms with van der Waals surface area (Å²) in [6, 6.07) is 6.14. The predicted molar refractivity (Wildman–Crippen MR) is 112 cm³/mol. The number of allylic oxidation sites excluding steroid dienone is 3.